The molecular weight excluding hydrogens is 572 g/mol. The second-order valence-electron chi connectivity index (χ2n) is 10.6. The molecule has 0 saturated heterocycles. The number of primary amides is 1. The number of aliphatic hydroxyl groups is 1. The monoisotopic (exact) mass is 608 g/mol. The van der Waals surface area contributed by atoms with Crippen LogP contribution in [-0.2, 0) is 0 Å². The Labute approximate surface area is 254 Å². The Morgan fingerprint density at radius 1 is 0.773 bits per heavy atom. The summed E-state index contributed by atoms with van der Waals surface area (Å²) in [4.78, 5) is 48.9. The Balaban J connectivity index is 1.89. The van der Waals surface area contributed by atoms with E-state index in [-0.39, 0.29) is 89.3 Å². The van der Waals surface area contributed by atoms with Gasteiger partial charge >= 0.3 is 5.69 Å². The second kappa shape index (κ2) is 15.3. The summed E-state index contributed by atoms with van der Waals surface area (Å²) in [6, 6.07) is 12.5. The highest BCUT2D eigenvalue weighted by Gasteiger charge is 2.21. The van der Waals surface area contributed by atoms with Crippen molar-refractivity contribution in [1.29, 1.82) is 0 Å². The van der Waals surface area contributed by atoms with Gasteiger partial charge in [-0.05, 0) is 54.3 Å². The van der Waals surface area contributed by atoms with Gasteiger partial charge in [-0.25, -0.2) is 0 Å². The molecule has 3 rings (SSSR count). The number of anilines is 2. The normalized spacial score (nSPS) is 10.8. The van der Waals surface area contributed by atoms with Crippen molar-refractivity contribution < 1.29 is 38.6 Å². The van der Waals surface area contributed by atoms with E-state index in [0.717, 1.165) is 0 Å². The molecule has 0 fully saturated rings. The molecule has 0 aromatic heterocycles. The lowest BCUT2D eigenvalue weighted by molar-refractivity contribution is -0.385. The predicted molar refractivity (Wildman–Crippen MR) is 164 cm³/mol. The maximum absolute atomic E-state index is 13.2. The van der Waals surface area contributed by atoms with E-state index in [9.17, 15) is 24.5 Å². The van der Waals surface area contributed by atoms with Crippen LogP contribution in [-0.4, -0.2) is 54.2 Å². The number of nitrogens with one attached hydrogen (secondary N) is 2. The minimum absolute atomic E-state index is 0.0224. The lowest BCUT2D eigenvalue weighted by Gasteiger charge is -2.17. The van der Waals surface area contributed by atoms with E-state index in [1.165, 1.54) is 54.6 Å². The first-order chi connectivity index (χ1) is 20.9. The second-order valence-corrected chi connectivity index (χ2v) is 10.6. The van der Waals surface area contributed by atoms with Crippen molar-refractivity contribution in [3.05, 3.63) is 81.4 Å². The highest BCUT2D eigenvalue weighted by molar-refractivity contribution is 6.08. The van der Waals surface area contributed by atoms with Gasteiger partial charge in [0.05, 0.1) is 36.1 Å². The van der Waals surface area contributed by atoms with E-state index in [1.54, 1.807) is 0 Å². The number of nitro groups is 1. The van der Waals surface area contributed by atoms with Gasteiger partial charge in [0, 0.05) is 28.8 Å². The molecule has 13 nitrogen and oxygen atoms in total. The number of hydrogen-bond donors (Lipinski definition) is 4. The van der Waals surface area contributed by atoms with Crippen molar-refractivity contribution >= 4 is 34.8 Å². The zero-order chi connectivity index (χ0) is 32.4. The average molecular weight is 609 g/mol. The largest absolute Gasteiger partial charge is 0.491 e. The standard InChI is InChI=1S/C31H36N4O9/c1-18(2)16-43-27-14-21(30(38)33-23-8-5-20(29(32)37)13-26(23)42-12-11-36)6-9-24(27)34-31(39)22-7-10-25(35(40)41)28(15-22)44-17-19(3)4/h5-10,13-15,18-19,36H,11-12,16-17H2,1-4H3,(H2,32,37)(H,33,38)(H,34,39). The molecule has 0 heterocycles. The van der Waals surface area contributed by atoms with Crippen LogP contribution in [0.5, 0.6) is 17.2 Å². The number of carbonyl (C=O) groups excluding carboxylic acids is 3. The summed E-state index contributed by atoms with van der Waals surface area (Å²) in [5.74, 6) is -1.22. The van der Waals surface area contributed by atoms with Crippen LogP contribution in [0.2, 0.25) is 0 Å². The van der Waals surface area contributed by atoms with Gasteiger partial charge in [0.25, 0.3) is 11.8 Å². The first-order valence-corrected chi connectivity index (χ1v) is 13.9. The van der Waals surface area contributed by atoms with Crippen LogP contribution in [0, 0.1) is 22.0 Å². The molecule has 3 aromatic rings. The van der Waals surface area contributed by atoms with Crippen LogP contribution >= 0.6 is 0 Å². The third kappa shape index (κ3) is 9.16. The number of amides is 3. The first kappa shape index (κ1) is 33.3. The van der Waals surface area contributed by atoms with Crippen LogP contribution in [0.1, 0.15) is 58.8 Å². The van der Waals surface area contributed by atoms with Crippen LogP contribution in [0.15, 0.2) is 54.6 Å². The molecule has 13 heteroatoms. The van der Waals surface area contributed by atoms with Crippen molar-refractivity contribution in [2.45, 2.75) is 27.7 Å². The number of nitrogens with two attached hydrogens (primary N) is 1. The molecular formula is C31H36N4O9. The topological polar surface area (TPSA) is 192 Å². The minimum atomic E-state index is -0.686. The molecule has 44 heavy (non-hydrogen) atoms. The zero-order valence-electron chi connectivity index (χ0n) is 24.9. The molecule has 0 atom stereocenters. The van der Waals surface area contributed by atoms with Crippen molar-refractivity contribution in [3.63, 3.8) is 0 Å². The van der Waals surface area contributed by atoms with Crippen LogP contribution in [0.4, 0.5) is 17.1 Å². The quantitative estimate of drug-likeness (QED) is 0.140. The Bertz CT molecular complexity index is 1520. The van der Waals surface area contributed by atoms with Gasteiger partial charge in [-0.1, -0.05) is 27.7 Å². The lowest BCUT2D eigenvalue weighted by Crippen LogP contribution is -2.17. The zero-order valence-corrected chi connectivity index (χ0v) is 24.9. The molecule has 0 aliphatic rings. The van der Waals surface area contributed by atoms with Gasteiger partial charge in [-0.15, -0.1) is 0 Å². The Hall–Kier alpha value is -5.17. The van der Waals surface area contributed by atoms with Gasteiger partial charge in [0.1, 0.15) is 18.1 Å². The maximum Gasteiger partial charge on any atom is 0.310 e. The van der Waals surface area contributed by atoms with Crippen molar-refractivity contribution in [1.82, 2.24) is 0 Å². The molecule has 0 aliphatic carbocycles. The number of aliphatic hydroxyl groups excluding tert-OH is 1. The average Bonchev–Trinajstić information content (AvgIpc) is 2.98. The van der Waals surface area contributed by atoms with Crippen LogP contribution in [0.3, 0.4) is 0 Å². The van der Waals surface area contributed by atoms with Crippen LogP contribution < -0.4 is 30.6 Å². The lowest BCUT2D eigenvalue weighted by atomic mass is 10.1. The van der Waals surface area contributed by atoms with Gasteiger partial charge < -0.3 is 35.7 Å². The number of nitro benzene ring substituents is 1. The minimum Gasteiger partial charge on any atom is -0.491 e. The summed E-state index contributed by atoms with van der Waals surface area (Å²) in [5.41, 5.74) is 6.08. The van der Waals surface area contributed by atoms with Gasteiger partial charge in [-0.3, -0.25) is 24.5 Å². The van der Waals surface area contributed by atoms with E-state index in [1.807, 2.05) is 27.7 Å². The fraction of sp³-hybridized carbons (Fsp3) is 0.323. The van der Waals surface area contributed by atoms with Crippen LogP contribution in [0.25, 0.3) is 0 Å². The molecule has 3 aromatic carbocycles. The summed E-state index contributed by atoms with van der Waals surface area (Å²) in [6.45, 7) is 7.82. The molecule has 0 unspecified atom stereocenters. The number of rotatable bonds is 15. The highest BCUT2D eigenvalue weighted by atomic mass is 16.6. The Morgan fingerprint density at radius 2 is 1.23 bits per heavy atom. The number of nitrogens with zero attached hydrogens (tertiary/aromatic N) is 1. The fourth-order valence-electron chi connectivity index (χ4n) is 3.76. The molecule has 0 spiro atoms. The van der Waals surface area contributed by atoms with Gasteiger partial charge in [-0.2, -0.15) is 0 Å². The van der Waals surface area contributed by atoms with Crippen molar-refractivity contribution in [2.75, 3.05) is 37.1 Å². The predicted octanol–water partition coefficient (Wildman–Crippen LogP) is 4.64. The smallest absolute Gasteiger partial charge is 0.310 e. The summed E-state index contributed by atoms with van der Waals surface area (Å²) in [7, 11) is 0. The van der Waals surface area contributed by atoms with E-state index in [4.69, 9.17) is 25.1 Å². The summed E-state index contributed by atoms with van der Waals surface area (Å²) < 4.78 is 17.0. The Morgan fingerprint density at radius 3 is 1.73 bits per heavy atom. The fourth-order valence-corrected chi connectivity index (χ4v) is 3.76. The van der Waals surface area contributed by atoms with E-state index >= 15 is 0 Å². The molecule has 5 N–H and O–H groups in total. The van der Waals surface area contributed by atoms with E-state index < -0.39 is 22.6 Å². The van der Waals surface area contributed by atoms with Gasteiger partial charge in [0.15, 0.2) is 5.75 Å². The number of benzene rings is 3. The summed E-state index contributed by atoms with van der Waals surface area (Å²) in [5, 5.41) is 26.1. The molecule has 3 amide bonds. The third-order valence-corrected chi connectivity index (χ3v) is 5.92. The third-order valence-electron chi connectivity index (χ3n) is 5.92. The van der Waals surface area contributed by atoms with Gasteiger partial charge in [0.2, 0.25) is 5.91 Å². The summed E-state index contributed by atoms with van der Waals surface area (Å²) >= 11 is 0. The van der Waals surface area contributed by atoms with E-state index in [0.29, 0.717) is 0 Å². The van der Waals surface area contributed by atoms with E-state index in [2.05, 4.69) is 10.6 Å². The molecule has 0 radical (unpaired) electrons. The molecule has 0 bridgehead atoms. The maximum atomic E-state index is 13.2. The SMILES string of the molecule is CC(C)COc1cc(C(=O)Nc2ccc(C(N)=O)cc2OCCO)ccc1NC(=O)c1ccc([N+](=O)[O-])c(OCC(C)C)c1. The first-order valence-electron chi connectivity index (χ1n) is 13.9. The van der Waals surface area contributed by atoms with Crippen molar-refractivity contribution in [3.8, 4) is 17.2 Å². The molecule has 0 saturated carbocycles. The number of hydrogen-bond acceptors (Lipinski definition) is 9. The summed E-state index contributed by atoms with van der Waals surface area (Å²) in [6.07, 6.45) is 0. The molecule has 0 aliphatic heterocycles. The Kier molecular flexibility index (Phi) is 11.6. The number of carbonyl (C=O) groups is 3. The molecule has 234 valence electrons. The number of ether oxygens (including phenoxy) is 3. The van der Waals surface area contributed by atoms with Crippen molar-refractivity contribution in [2.24, 2.45) is 17.6 Å². The highest BCUT2D eigenvalue weighted by Crippen LogP contribution is 2.32.